The fourth-order valence-corrected chi connectivity index (χ4v) is 5.51. The Morgan fingerprint density at radius 2 is 1.80 bits per heavy atom. The van der Waals surface area contributed by atoms with Gasteiger partial charge in [-0.2, -0.15) is 8.42 Å². The van der Waals surface area contributed by atoms with Crippen molar-refractivity contribution in [1.29, 1.82) is 0 Å². The second-order valence-electron chi connectivity index (χ2n) is 8.94. The summed E-state index contributed by atoms with van der Waals surface area (Å²) in [5.41, 5.74) is 0.110. The molecule has 1 aromatic heterocycles. The molecule has 7 nitrogen and oxygen atoms in total. The molecule has 0 fully saturated rings. The van der Waals surface area contributed by atoms with Crippen LogP contribution in [-0.4, -0.2) is 24.7 Å². The number of sulfonamides is 1. The molecular formula is C20H28ClN3O4S2. The highest BCUT2D eigenvalue weighted by molar-refractivity contribution is 7.90. The molecule has 30 heavy (non-hydrogen) atoms. The number of rotatable bonds is 3. The molecule has 1 aromatic carbocycles. The minimum absolute atomic E-state index is 0.0457. The van der Waals surface area contributed by atoms with Crippen LogP contribution < -0.4 is 10.1 Å². The number of nitrogens with zero attached hydrogens (tertiary/aromatic N) is 2. The van der Waals surface area contributed by atoms with E-state index in [0.29, 0.717) is 4.80 Å². The Bertz CT molecular complexity index is 1130. The van der Waals surface area contributed by atoms with Crippen LogP contribution in [0.4, 0.5) is 10.5 Å². The third kappa shape index (κ3) is 5.86. The number of halogens is 1. The molecule has 1 N–H and O–H groups in total. The summed E-state index contributed by atoms with van der Waals surface area (Å²) in [7, 11) is -2.40. The molecule has 166 valence electrons. The zero-order valence-corrected chi connectivity index (χ0v) is 20.8. The Hall–Kier alpha value is -1.84. The zero-order chi connectivity index (χ0) is 23.1. The van der Waals surface area contributed by atoms with Gasteiger partial charge in [-0.05, 0) is 51.3 Å². The number of benzene rings is 1. The number of aromatic nitrogens is 1. The monoisotopic (exact) mass is 473 g/mol. The maximum absolute atomic E-state index is 13.1. The number of anilines is 1. The maximum atomic E-state index is 13.1. The van der Waals surface area contributed by atoms with E-state index >= 15 is 0 Å². The van der Waals surface area contributed by atoms with Gasteiger partial charge in [0, 0.05) is 22.6 Å². The van der Waals surface area contributed by atoms with E-state index in [1.165, 1.54) is 29.5 Å². The predicted molar refractivity (Wildman–Crippen MR) is 121 cm³/mol. The molecule has 1 amide bonds. The van der Waals surface area contributed by atoms with Crippen molar-refractivity contribution in [3.63, 3.8) is 0 Å². The number of ether oxygens (including phenoxy) is 1. The Balaban J connectivity index is 2.58. The van der Waals surface area contributed by atoms with E-state index in [2.05, 4.69) is 30.5 Å². The Morgan fingerprint density at radius 3 is 2.30 bits per heavy atom. The summed E-state index contributed by atoms with van der Waals surface area (Å²) in [5.74, 6) is 0. The van der Waals surface area contributed by atoms with Crippen LogP contribution in [0.5, 0.6) is 0 Å². The summed E-state index contributed by atoms with van der Waals surface area (Å²) in [6.45, 7) is 13.3. The van der Waals surface area contributed by atoms with Crippen molar-refractivity contribution >= 4 is 44.7 Å². The minimum Gasteiger partial charge on any atom is -0.444 e. The highest BCUT2D eigenvalue weighted by Crippen LogP contribution is 2.30. The van der Waals surface area contributed by atoms with Gasteiger partial charge in [-0.1, -0.05) is 32.4 Å². The number of thiazole rings is 1. The van der Waals surface area contributed by atoms with Gasteiger partial charge in [0.25, 0.3) is 10.0 Å². The van der Waals surface area contributed by atoms with E-state index in [1.54, 1.807) is 32.4 Å². The van der Waals surface area contributed by atoms with Crippen molar-refractivity contribution in [3.05, 3.63) is 38.6 Å². The molecule has 0 unspecified atom stereocenters. The lowest BCUT2D eigenvalue weighted by atomic mass is 9.93. The van der Waals surface area contributed by atoms with Crippen molar-refractivity contribution in [2.45, 2.75) is 64.4 Å². The lowest BCUT2D eigenvalue weighted by molar-refractivity contribution is 0.0635. The molecule has 0 saturated heterocycles. The summed E-state index contributed by atoms with van der Waals surface area (Å²) < 4.78 is 37.3. The molecule has 2 aromatic rings. The molecule has 2 rings (SSSR count). The lowest BCUT2D eigenvalue weighted by Crippen LogP contribution is -2.27. The Kier molecular flexibility index (Phi) is 6.81. The van der Waals surface area contributed by atoms with Crippen LogP contribution in [0, 0.1) is 6.92 Å². The molecule has 0 aliphatic rings. The van der Waals surface area contributed by atoms with Gasteiger partial charge in [-0.15, -0.1) is 15.7 Å². The number of amides is 1. The van der Waals surface area contributed by atoms with E-state index in [-0.39, 0.29) is 21.0 Å². The fraction of sp³-hybridized carbons (Fsp3) is 0.500. The van der Waals surface area contributed by atoms with Crippen molar-refractivity contribution < 1.29 is 17.9 Å². The lowest BCUT2D eigenvalue weighted by Gasteiger charge is -2.20. The first-order chi connectivity index (χ1) is 13.5. The van der Waals surface area contributed by atoms with Gasteiger partial charge in [-0.3, -0.25) is 5.32 Å². The van der Waals surface area contributed by atoms with Gasteiger partial charge >= 0.3 is 6.09 Å². The van der Waals surface area contributed by atoms with Gasteiger partial charge in [0.05, 0.1) is 5.69 Å². The van der Waals surface area contributed by atoms with E-state index in [1.807, 2.05) is 6.92 Å². The molecule has 0 radical (unpaired) electrons. The molecule has 10 heteroatoms. The van der Waals surface area contributed by atoms with E-state index in [9.17, 15) is 13.2 Å². The first kappa shape index (κ1) is 24.4. The minimum atomic E-state index is -4.17. The second-order valence-corrected chi connectivity index (χ2v) is 11.9. The largest absolute Gasteiger partial charge is 0.444 e. The van der Waals surface area contributed by atoms with Crippen LogP contribution in [0.1, 0.15) is 52.1 Å². The third-order valence-corrected chi connectivity index (χ3v) is 7.37. The molecule has 0 saturated carbocycles. The molecule has 0 spiro atoms. The van der Waals surface area contributed by atoms with Crippen LogP contribution in [0.3, 0.4) is 0 Å². The Labute approximate surface area is 186 Å². The van der Waals surface area contributed by atoms with Crippen LogP contribution in [0.2, 0.25) is 5.02 Å². The van der Waals surface area contributed by atoms with Gasteiger partial charge in [0.1, 0.15) is 10.5 Å². The fourth-order valence-electron chi connectivity index (χ4n) is 2.68. The molecule has 0 atom stereocenters. The number of nitrogens with one attached hydrogen (secondary N) is 1. The van der Waals surface area contributed by atoms with Crippen LogP contribution >= 0.6 is 22.9 Å². The highest BCUT2D eigenvalue weighted by Gasteiger charge is 2.25. The average molecular weight is 474 g/mol. The topological polar surface area (TPSA) is 89.8 Å². The first-order valence-electron chi connectivity index (χ1n) is 9.29. The van der Waals surface area contributed by atoms with Crippen LogP contribution in [-0.2, 0) is 27.2 Å². The van der Waals surface area contributed by atoms with Gasteiger partial charge < -0.3 is 9.30 Å². The number of hydrogen-bond acceptors (Lipinski definition) is 5. The van der Waals surface area contributed by atoms with Gasteiger partial charge in [0.15, 0.2) is 0 Å². The summed E-state index contributed by atoms with van der Waals surface area (Å²) in [5, 5.41) is 2.69. The van der Waals surface area contributed by atoms with Crippen LogP contribution in [0.25, 0.3) is 0 Å². The summed E-state index contributed by atoms with van der Waals surface area (Å²) in [4.78, 5) is 13.3. The Morgan fingerprint density at radius 1 is 1.20 bits per heavy atom. The van der Waals surface area contributed by atoms with Crippen LogP contribution in [0.15, 0.2) is 27.5 Å². The number of carbonyl (C=O) groups is 1. The highest BCUT2D eigenvalue weighted by atomic mass is 35.5. The van der Waals surface area contributed by atoms with Gasteiger partial charge in [-0.25, -0.2) is 4.79 Å². The van der Waals surface area contributed by atoms with Crippen molar-refractivity contribution in [3.8, 4) is 0 Å². The van der Waals surface area contributed by atoms with E-state index in [4.69, 9.17) is 16.3 Å². The SMILES string of the molecule is Cc1c(C(C)(C)C)sc(=NS(=O)(=O)c2cc(Cl)ccc2NC(=O)OC(C)(C)C)n1C. The molecule has 0 aliphatic heterocycles. The summed E-state index contributed by atoms with van der Waals surface area (Å²) >= 11 is 7.36. The number of carbonyl (C=O) groups excluding carboxylic acids is 1. The molecule has 0 aliphatic carbocycles. The standard InChI is InChI=1S/C20H28ClN3O4S2/c1-12-16(19(2,3)4)29-17(24(12)8)23-30(26,27)15-11-13(21)9-10-14(15)22-18(25)28-20(5,6)7/h9-11H,1-8H3,(H,22,25). The normalized spacial score (nSPS) is 13.4. The van der Waals surface area contributed by atoms with Gasteiger partial charge in [0.2, 0.25) is 4.80 Å². The predicted octanol–water partition coefficient (Wildman–Crippen LogP) is 4.98. The molecule has 1 heterocycles. The first-order valence-corrected chi connectivity index (χ1v) is 11.9. The molecular weight excluding hydrogens is 446 g/mol. The summed E-state index contributed by atoms with van der Waals surface area (Å²) in [6, 6.07) is 4.16. The summed E-state index contributed by atoms with van der Waals surface area (Å²) in [6.07, 6.45) is -0.770. The number of hydrogen-bond donors (Lipinski definition) is 1. The second kappa shape index (κ2) is 8.36. The van der Waals surface area contributed by atoms with Crippen molar-refractivity contribution in [2.75, 3.05) is 5.32 Å². The zero-order valence-electron chi connectivity index (χ0n) is 18.5. The smallest absolute Gasteiger partial charge is 0.412 e. The van der Waals surface area contributed by atoms with Crippen molar-refractivity contribution in [2.24, 2.45) is 11.4 Å². The maximum Gasteiger partial charge on any atom is 0.412 e. The quantitative estimate of drug-likeness (QED) is 0.680. The van der Waals surface area contributed by atoms with Crippen molar-refractivity contribution in [1.82, 2.24) is 4.57 Å². The third-order valence-electron chi connectivity index (χ3n) is 4.05. The van der Waals surface area contributed by atoms with E-state index < -0.39 is 21.7 Å². The molecule has 0 bridgehead atoms. The van der Waals surface area contributed by atoms with E-state index in [0.717, 1.165) is 10.6 Å². The average Bonchev–Trinajstić information content (AvgIpc) is 2.82.